The van der Waals surface area contributed by atoms with Crippen LogP contribution < -0.4 is 28.4 Å². The molecule has 0 amide bonds. The molecular weight excluding hydrogens is 668 g/mol. The van der Waals surface area contributed by atoms with Gasteiger partial charge in [0, 0.05) is 30.9 Å². The Morgan fingerprint density at radius 3 is 1.67 bits per heavy atom. The average Bonchev–Trinajstić information content (AvgIpc) is 3.16. The van der Waals surface area contributed by atoms with Gasteiger partial charge in [0.05, 0.1) is 24.3 Å². The smallest absolute Gasteiger partial charge is 0.343 e. The van der Waals surface area contributed by atoms with Crippen molar-refractivity contribution in [1.82, 2.24) is 0 Å². The first-order valence-corrected chi connectivity index (χ1v) is 16.5. The molecule has 12 nitrogen and oxygen atoms in total. The number of ether oxygens (including phenoxy) is 6. The predicted octanol–water partition coefficient (Wildman–Crippen LogP) is 5.55. The Morgan fingerprint density at radius 2 is 1.15 bits per heavy atom. The van der Waals surface area contributed by atoms with E-state index in [1.807, 2.05) is 36.1 Å². The molecule has 0 fully saturated rings. The first-order chi connectivity index (χ1) is 25.2. The lowest BCUT2D eigenvalue weighted by Crippen LogP contribution is -2.36. The molecule has 1 heterocycles. The Kier molecular flexibility index (Phi) is 15.0. The Hall–Kier alpha value is -6.43. The molecule has 0 N–H and O–H groups in total. The Labute approximate surface area is 302 Å². The number of hydrogen-bond donors (Lipinski definition) is 0. The van der Waals surface area contributed by atoms with Crippen molar-refractivity contribution in [3.63, 3.8) is 0 Å². The highest BCUT2D eigenvalue weighted by molar-refractivity contribution is 5.92. The normalized spacial score (nSPS) is 10.3. The molecule has 270 valence electrons. The lowest BCUT2D eigenvalue weighted by atomic mass is 10.2. The number of pyridine rings is 1. The van der Waals surface area contributed by atoms with Gasteiger partial charge in [0.15, 0.2) is 18.9 Å². The summed E-state index contributed by atoms with van der Waals surface area (Å²) < 4.78 is 34.3. The topological polar surface area (TPSA) is 131 Å². The van der Waals surface area contributed by atoms with Gasteiger partial charge < -0.3 is 33.3 Å². The van der Waals surface area contributed by atoms with Crippen molar-refractivity contribution in [3.8, 4) is 23.0 Å². The molecule has 52 heavy (non-hydrogen) atoms. The molecule has 0 aliphatic carbocycles. The molecule has 0 aliphatic rings. The Balaban J connectivity index is 1.15. The fourth-order valence-corrected chi connectivity index (χ4v) is 4.51. The quantitative estimate of drug-likeness (QED) is 0.0286. The number of anilines is 1. The van der Waals surface area contributed by atoms with Crippen molar-refractivity contribution in [2.75, 3.05) is 44.9 Å². The van der Waals surface area contributed by atoms with Crippen molar-refractivity contribution in [3.05, 3.63) is 134 Å². The molecule has 0 spiro atoms. The number of carbonyl (C=O) groups excluding carboxylic acids is 4. The molecular formula is C40H41N2O10+. The highest BCUT2D eigenvalue weighted by Crippen LogP contribution is 2.21. The first kappa shape index (κ1) is 38.4. The van der Waals surface area contributed by atoms with Crippen LogP contribution >= 0.6 is 0 Å². The second-order valence-electron chi connectivity index (χ2n) is 11.2. The van der Waals surface area contributed by atoms with E-state index in [9.17, 15) is 19.2 Å². The summed E-state index contributed by atoms with van der Waals surface area (Å²) in [7, 11) is 1.81. The second kappa shape index (κ2) is 20.3. The van der Waals surface area contributed by atoms with Gasteiger partial charge in [-0.25, -0.2) is 19.0 Å². The van der Waals surface area contributed by atoms with E-state index in [0.717, 1.165) is 11.8 Å². The summed E-state index contributed by atoms with van der Waals surface area (Å²) in [5.74, 6) is -0.123. The average molecular weight is 710 g/mol. The van der Waals surface area contributed by atoms with Gasteiger partial charge in [-0.2, -0.15) is 0 Å². The minimum absolute atomic E-state index is 0.130. The number of likely N-dealkylation sites (N-methyl/N-ethyl adjacent to an activating group) is 1. The van der Waals surface area contributed by atoms with E-state index in [0.29, 0.717) is 61.8 Å². The molecule has 0 bridgehead atoms. The molecule has 0 aliphatic heterocycles. The Bertz CT molecular complexity index is 1790. The number of benzene rings is 3. The van der Waals surface area contributed by atoms with Gasteiger partial charge in [-0.3, -0.25) is 4.79 Å². The molecule has 0 radical (unpaired) electrons. The van der Waals surface area contributed by atoms with Crippen LogP contribution in [0.2, 0.25) is 0 Å². The maximum atomic E-state index is 12.7. The van der Waals surface area contributed by atoms with E-state index < -0.39 is 17.9 Å². The van der Waals surface area contributed by atoms with Crippen LogP contribution in [0.1, 0.15) is 33.6 Å². The third kappa shape index (κ3) is 12.8. The largest absolute Gasteiger partial charge is 0.494 e. The minimum Gasteiger partial charge on any atom is -0.494 e. The van der Waals surface area contributed by atoms with Crippen molar-refractivity contribution in [1.29, 1.82) is 0 Å². The minimum atomic E-state index is -0.553. The van der Waals surface area contributed by atoms with E-state index in [2.05, 4.69) is 13.2 Å². The van der Waals surface area contributed by atoms with Gasteiger partial charge in [0.1, 0.15) is 42.8 Å². The summed E-state index contributed by atoms with van der Waals surface area (Å²) >= 11 is 0. The Morgan fingerprint density at radius 1 is 0.654 bits per heavy atom. The molecule has 3 aromatic carbocycles. The zero-order valence-corrected chi connectivity index (χ0v) is 28.9. The highest BCUT2D eigenvalue weighted by Gasteiger charge is 2.13. The van der Waals surface area contributed by atoms with E-state index >= 15 is 0 Å². The molecule has 0 saturated carbocycles. The highest BCUT2D eigenvalue weighted by atomic mass is 16.5. The molecule has 4 aromatic rings. The zero-order chi connectivity index (χ0) is 37.1. The van der Waals surface area contributed by atoms with Crippen LogP contribution in [0, 0.1) is 0 Å². The van der Waals surface area contributed by atoms with Crippen LogP contribution in [0.4, 0.5) is 5.69 Å². The van der Waals surface area contributed by atoms with Gasteiger partial charge in [-0.05, 0) is 85.6 Å². The lowest BCUT2D eigenvalue weighted by Gasteiger charge is -2.17. The van der Waals surface area contributed by atoms with Crippen molar-refractivity contribution < 1.29 is 52.2 Å². The van der Waals surface area contributed by atoms with Gasteiger partial charge in [0.2, 0.25) is 0 Å². The predicted molar refractivity (Wildman–Crippen MR) is 192 cm³/mol. The second-order valence-corrected chi connectivity index (χ2v) is 11.2. The van der Waals surface area contributed by atoms with Crippen molar-refractivity contribution in [2.24, 2.45) is 0 Å². The first-order valence-electron chi connectivity index (χ1n) is 16.5. The standard InChI is InChI=1S/C40H41N2O10/c1-4-25-49-38(44)29-41(3)32-20-22-42(23-21-32)24-28-48-34-14-10-31(11-15-34)40(46)52-36-18-16-35(17-19-36)51-39(45)30-8-12-33(13-9-30)47-26-6-7-27-50-37(43)5-2/h4-5,8-23H,1-2,6-7,24-29H2,3H3/q+1. The third-order valence-electron chi connectivity index (χ3n) is 7.30. The molecule has 1 aromatic heterocycles. The maximum absolute atomic E-state index is 12.7. The summed E-state index contributed by atoms with van der Waals surface area (Å²) in [5.41, 5.74) is 1.55. The maximum Gasteiger partial charge on any atom is 0.343 e. The molecule has 0 unspecified atom stereocenters. The van der Waals surface area contributed by atoms with E-state index in [-0.39, 0.29) is 30.6 Å². The van der Waals surface area contributed by atoms with E-state index in [1.54, 1.807) is 53.4 Å². The van der Waals surface area contributed by atoms with Crippen LogP contribution in [-0.2, 0) is 25.6 Å². The van der Waals surface area contributed by atoms with Crippen molar-refractivity contribution >= 4 is 29.6 Å². The van der Waals surface area contributed by atoms with Crippen LogP contribution in [0.5, 0.6) is 23.0 Å². The summed E-state index contributed by atoms with van der Waals surface area (Å²) in [6.07, 6.45) is 7.80. The molecule has 4 rings (SSSR count). The van der Waals surface area contributed by atoms with Gasteiger partial charge in [-0.15, -0.1) is 0 Å². The number of nitrogens with zero attached hydrogens (tertiary/aromatic N) is 2. The number of carbonyl (C=O) groups is 4. The summed E-state index contributed by atoms with van der Waals surface area (Å²) in [5, 5.41) is 0. The van der Waals surface area contributed by atoms with Gasteiger partial charge in [0.25, 0.3) is 0 Å². The number of unbranched alkanes of at least 4 members (excludes halogenated alkanes) is 1. The summed E-state index contributed by atoms with van der Waals surface area (Å²) in [4.78, 5) is 50.0. The number of esters is 4. The van der Waals surface area contributed by atoms with Crippen LogP contribution in [0.25, 0.3) is 0 Å². The van der Waals surface area contributed by atoms with Gasteiger partial charge >= 0.3 is 23.9 Å². The summed E-state index contributed by atoms with van der Waals surface area (Å²) in [6, 6.07) is 23.1. The number of hydrogen-bond acceptors (Lipinski definition) is 11. The molecule has 0 saturated heterocycles. The molecule has 0 atom stereocenters. The van der Waals surface area contributed by atoms with Crippen LogP contribution in [0.3, 0.4) is 0 Å². The molecule has 12 heteroatoms. The monoisotopic (exact) mass is 709 g/mol. The zero-order valence-electron chi connectivity index (χ0n) is 28.9. The number of rotatable bonds is 20. The summed E-state index contributed by atoms with van der Waals surface area (Å²) in [6.45, 7) is 8.91. The third-order valence-corrected chi connectivity index (χ3v) is 7.30. The number of aromatic nitrogens is 1. The van der Waals surface area contributed by atoms with Crippen molar-refractivity contribution in [2.45, 2.75) is 19.4 Å². The SMILES string of the molecule is C=CCOC(=O)CN(C)c1cc[n+](CCOc2ccc(C(=O)Oc3ccc(OC(=O)c4ccc(OCCCCOC(=O)C=C)cc4)cc3)cc2)cc1. The van der Waals surface area contributed by atoms with E-state index in [1.165, 1.54) is 30.3 Å². The van der Waals surface area contributed by atoms with Crippen LogP contribution in [0.15, 0.2) is 123 Å². The fourth-order valence-electron chi connectivity index (χ4n) is 4.51. The van der Waals surface area contributed by atoms with Crippen LogP contribution in [-0.4, -0.2) is 63.9 Å². The lowest BCUT2D eigenvalue weighted by molar-refractivity contribution is -0.697. The van der Waals surface area contributed by atoms with Gasteiger partial charge in [-0.1, -0.05) is 19.2 Å². The van der Waals surface area contributed by atoms with E-state index in [4.69, 9.17) is 28.4 Å². The fraction of sp³-hybridized carbons (Fsp3) is 0.225.